The Balaban J connectivity index is 1.08. The number of benzene rings is 4. The standard InChI is InChI=1S/C60H74N12O20/c61-57(62)67-39-19-15-37(16-20-39)55(85)91-41-23-11-35(12-24-41)33-89-59(87)71-45(31-49(77)78)53(83)69-43(29-47(73)74)51(81)65-27-9-7-5-3-1-2-4-6-8-10-28-66-52(82)44(30-48(75)76)70-54(84)46(32-50(79)80)72-60(88)90-34-36-13-25-42(26-14-36)92-56(86)38-17-21-40(22-18-38)68-58(63)64/h11-26,43-46H,1-10,27-34H2,(H,65,81)(H,66,82)(H,69,83)(H,70,84)(H,71,87)(H,72,88)(H,73,74)(H,75,76)(H,77,78)(H,79,80)(H4,61,62,67)(H4,63,64,68). The van der Waals surface area contributed by atoms with Crippen molar-refractivity contribution < 1.29 is 96.9 Å². The molecule has 0 saturated carbocycles. The van der Waals surface area contributed by atoms with Crippen molar-refractivity contribution in [3.05, 3.63) is 119 Å². The summed E-state index contributed by atoms with van der Waals surface area (Å²) in [6.07, 6.45) is 1.58. The average Bonchev–Trinajstić information content (AvgIpc) is 1.24. The molecule has 4 aromatic rings. The van der Waals surface area contributed by atoms with Gasteiger partial charge in [-0.25, -0.2) is 29.2 Å². The van der Waals surface area contributed by atoms with Crippen LogP contribution >= 0.6 is 0 Å². The lowest BCUT2D eigenvalue weighted by Crippen LogP contribution is -2.55. The molecule has 18 N–H and O–H groups in total. The van der Waals surface area contributed by atoms with Gasteiger partial charge in [-0.3, -0.25) is 38.4 Å². The number of ether oxygens (including phenoxy) is 4. The van der Waals surface area contributed by atoms with Crippen LogP contribution in [-0.4, -0.2) is 141 Å². The van der Waals surface area contributed by atoms with Crippen molar-refractivity contribution in [1.82, 2.24) is 31.9 Å². The van der Waals surface area contributed by atoms with Crippen molar-refractivity contribution in [3.8, 4) is 11.5 Å². The van der Waals surface area contributed by atoms with E-state index in [1.807, 2.05) is 0 Å². The van der Waals surface area contributed by atoms with Gasteiger partial charge in [0.1, 0.15) is 48.9 Å². The summed E-state index contributed by atoms with van der Waals surface area (Å²) in [4.78, 5) is 157. The number of unbranched alkanes of at least 4 members (excludes halogenated alkanes) is 9. The van der Waals surface area contributed by atoms with Crippen molar-refractivity contribution in [2.45, 2.75) is 127 Å². The van der Waals surface area contributed by atoms with Gasteiger partial charge in [0.15, 0.2) is 11.9 Å². The second kappa shape index (κ2) is 38.8. The van der Waals surface area contributed by atoms with E-state index < -0.39 is 121 Å². The quantitative estimate of drug-likeness (QED) is 0.0100. The number of hydrogen-bond donors (Lipinski definition) is 14. The molecular weight excluding hydrogens is 1210 g/mol. The number of aliphatic carboxylic acids is 4. The maximum absolute atomic E-state index is 13.2. The Morgan fingerprint density at radius 1 is 0.370 bits per heavy atom. The van der Waals surface area contributed by atoms with Crippen LogP contribution in [0.5, 0.6) is 11.5 Å². The van der Waals surface area contributed by atoms with Crippen LogP contribution in [0, 0.1) is 0 Å². The van der Waals surface area contributed by atoms with Crippen LogP contribution in [0.3, 0.4) is 0 Å². The summed E-state index contributed by atoms with van der Waals surface area (Å²) in [5.74, 6) is -11.2. The van der Waals surface area contributed by atoms with Crippen molar-refractivity contribution in [2.24, 2.45) is 32.9 Å². The van der Waals surface area contributed by atoms with Crippen LogP contribution in [0.15, 0.2) is 107 Å². The molecule has 0 aliphatic carbocycles. The molecule has 494 valence electrons. The van der Waals surface area contributed by atoms with E-state index >= 15 is 0 Å². The van der Waals surface area contributed by atoms with E-state index in [2.05, 4.69) is 41.9 Å². The highest BCUT2D eigenvalue weighted by Gasteiger charge is 2.32. The molecule has 4 aromatic carbocycles. The monoisotopic (exact) mass is 1280 g/mol. The predicted molar refractivity (Wildman–Crippen MR) is 326 cm³/mol. The van der Waals surface area contributed by atoms with E-state index in [-0.39, 0.29) is 60.8 Å². The van der Waals surface area contributed by atoms with Gasteiger partial charge in [-0.05, 0) is 96.8 Å². The van der Waals surface area contributed by atoms with Crippen molar-refractivity contribution in [1.29, 1.82) is 0 Å². The molecule has 4 atom stereocenters. The highest BCUT2D eigenvalue weighted by Crippen LogP contribution is 2.20. The number of esters is 2. The van der Waals surface area contributed by atoms with Crippen LogP contribution in [0.1, 0.15) is 122 Å². The zero-order chi connectivity index (χ0) is 67.5. The molecule has 0 radical (unpaired) electrons. The molecule has 32 nitrogen and oxygen atoms in total. The average molecular weight is 1280 g/mol. The highest BCUT2D eigenvalue weighted by atomic mass is 16.6. The van der Waals surface area contributed by atoms with Gasteiger partial charge in [-0.15, -0.1) is 0 Å². The number of rotatable bonds is 39. The largest absolute Gasteiger partial charge is 0.481 e. The molecule has 0 spiro atoms. The summed E-state index contributed by atoms with van der Waals surface area (Å²) in [7, 11) is 0. The molecule has 0 heterocycles. The van der Waals surface area contributed by atoms with Gasteiger partial charge in [0.25, 0.3) is 0 Å². The Kier molecular flexibility index (Phi) is 30.9. The third-order valence-corrected chi connectivity index (χ3v) is 12.9. The van der Waals surface area contributed by atoms with Crippen LogP contribution in [0.4, 0.5) is 21.0 Å². The van der Waals surface area contributed by atoms with E-state index in [1.165, 1.54) is 97.1 Å². The van der Waals surface area contributed by atoms with Gasteiger partial charge in [-0.2, -0.15) is 0 Å². The second-order valence-electron chi connectivity index (χ2n) is 20.4. The molecular formula is C60H74N12O20. The number of alkyl carbamates (subject to hydrolysis) is 2. The van der Waals surface area contributed by atoms with Crippen LogP contribution in [0.2, 0.25) is 0 Å². The summed E-state index contributed by atoms with van der Waals surface area (Å²) < 4.78 is 21.0. The number of nitrogens with zero attached hydrogens (tertiary/aromatic N) is 2. The Hall–Kier alpha value is -11.3. The number of aliphatic imine (C=N–C) groups is 2. The first kappa shape index (κ1) is 73.1. The Bertz CT molecular complexity index is 3030. The lowest BCUT2D eigenvalue weighted by molar-refractivity contribution is -0.142. The van der Waals surface area contributed by atoms with Crippen LogP contribution in [0.25, 0.3) is 0 Å². The molecule has 32 heteroatoms. The lowest BCUT2D eigenvalue weighted by atomic mass is 10.1. The summed E-state index contributed by atoms with van der Waals surface area (Å²) in [6, 6.07) is 16.8. The molecule has 0 aliphatic rings. The maximum Gasteiger partial charge on any atom is 0.408 e. The Labute approximate surface area is 526 Å². The number of nitrogens with two attached hydrogens (primary N) is 4. The topological polar surface area (TPSA) is 524 Å². The van der Waals surface area contributed by atoms with Gasteiger partial charge in [0.2, 0.25) is 23.6 Å². The number of carboxylic acids is 4. The van der Waals surface area contributed by atoms with Gasteiger partial charge < -0.3 is 94.2 Å². The summed E-state index contributed by atoms with van der Waals surface area (Å²) in [6.45, 7) is -0.442. The first-order chi connectivity index (χ1) is 43.8. The smallest absolute Gasteiger partial charge is 0.408 e. The molecule has 0 fully saturated rings. The summed E-state index contributed by atoms with van der Waals surface area (Å²) >= 11 is 0. The van der Waals surface area contributed by atoms with E-state index in [0.29, 0.717) is 48.2 Å². The minimum Gasteiger partial charge on any atom is -0.481 e. The maximum atomic E-state index is 13.2. The molecule has 6 amide bonds. The Morgan fingerprint density at radius 2 is 0.652 bits per heavy atom. The van der Waals surface area contributed by atoms with Gasteiger partial charge >= 0.3 is 48.0 Å². The minimum absolute atomic E-state index is 0.137. The third kappa shape index (κ3) is 29.1. The number of guanidine groups is 2. The second-order valence-corrected chi connectivity index (χ2v) is 20.4. The van der Waals surface area contributed by atoms with E-state index in [1.54, 1.807) is 0 Å². The van der Waals surface area contributed by atoms with E-state index in [0.717, 1.165) is 38.5 Å². The fourth-order valence-corrected chi connectivity index (χ4v) is 8.36. The molecule has 0 aromatic heterocycles. The number of carboxylic acid groups (broad SMARTS) is 4. The van der Waals surface area contributed by atoms with E-state index in [4.69, 9.17) is 41.9 Å². The van der Waals surface area contributed by atoms with Crippen molar-refractivity contribution in [3.63, 3.8) is 0 Å². The van der Waals surface area contributed by atoms with Crippen LogP contribution in [-0.2, 0) is 61.0 Å². The normalized spacial score (nSPS) is 11.9. The lowest BCUT2D eigenvalue weighted by Gasteiger charge is -2.21. The fourth-order valence-electron chi connectivity index (χ4n) is 8.36. The first-order valence-corrected chi connectivity index (χ1v) is 28.8. The number of carbonyl (C=O) groups excluding carboxylic acids is 8. The SMILES string of the molecule is NC(N)=Nc1ccc(C(=O)Oc2ccc(COC(=O)NC(CC(=O)O)C(=O)NC(CC(=O)O)C(=O)NCCCCCCCCCCCCNC(=O)C(CC(=O)O)NC(=O)C(CC(=O)O)NC(=O)OCc3ccc(OC(=O)c4ccc(N=C(N)N)cc4)cc3)cc2)cc1. The van der Waals surface area contributed by atoms with Gasteiger partial charge in [-0.1, -0.05) is 75.6 Å². The van der Waals surface area contributed by atoms with Crippen LogP contribution < -0.4 is 64.3 Å². The Morgan fingerprint density at radius 3 is 0.935 bits per heavy atom. The molecule has 4 unspecified atom stereocenters. The summed E-state index contributed by atoms with van der Waals surface area (Å²) in [5.41, 5.74) is 23.5. The zero-order valence-electron chi connectivity index (χ0n) is 49.8. The molecule has 0 bridgehead atoms. The molecule has 0 saturated heterocycles. The van der Waals surface area contributed by atoms with Gasteiger partial charge in [0, 0.05) is 13.1 Å². The minimum atomic E-state index is -1.77. The molecule has 0 aliphatic heterocycles. The highest BCUT2D eigenvalue weighted by molar-refractivity contribution is 5.96. The number of carbonyl (C=O) groups is 12. The predicted octanol–water partition coefficient (Wildman–Crippen LogP) is 2.83. The first-order valence-electron chi connectivity index (χ1n) is 28.8. The molecule has 92 heavy (non-hydrogen) atoms. The third-order valence-electron chi connectivity index (χ3n) is 12.9. The molecule has 4 rings (SSSR count). The van der Waals surface area contributed by atoms with Gasteiger partial charge in [0.05, 0.1) is 48.2 Å². The van der Waals surface area contributed by atoms with Crippen molar-refractivity contribution in [2.75, 3.05) is 13.1 Å². The number of nitrogens with one attached hydrogen (secondary N) is 6. The summed E-state index contributed by atoms with van der Waals surface area (Å²) in [5, 5.41) is 51.6. The number of hydrogen-bond acceptors (Lipinski definition) is 18. The van der Waals surface area contributed by atoms with E-state index in [9.17, 15) is 78.0 Å². The fraction of sp³-hybridized carbons (Fsp3) is 0.367. The number of amides is 6. The zero-order valence-corrected chi connectivity index (χ0v) is 49.8. The van der Waals surface area contributed by atoms with Crippen molar-refractivity contribution >= 4 is 94.9 Å².